The molecule has 398 valence electrons. The molecule has 1 amide bonds. The van der Waals surface area contributed by atoms with Crippen LogP contribution in [0.25, 0.3) is 0 Å². The smallest absolute Gasteiger partial charge is 0.220 e. The number of aliphatic hydroxyl groups is 2. The zero-order valence-corrected chi connectivity index (χ0v) is 45.9. The van der Waals surface area contributed by atoms with Crippen LogP contribution in [0.5, 0.6) is 0 Å². The molecule has 0 aliphatic rings. The number of allylic oxidation sites excluding steroid dienone is 9. The second kappa shape index (κ2) is 59.4. The van der Waals surface area contributed by atoms with E-state index in [1.165, 1.54) is 250 Å². The zero-order chi connectivity index (χ0) is 49.2. The van der Waals surface area contributed by atoms with E-state index in [-0.39, 0.29) is 12.5 Å². The number of amides is 1. The van der Waals surface area contributed by atoms with Gasteiger partial charge in [0, 0.05) is 6.42 Å². The lowest BCUT2D eigenvalue weighted by molar-refractivity contribution is -0.123. The van der Waals surface area contributed by atoms with E-state index >= 15 is 0 Å². The number of rotatable bonds is 56. The first-order valence-corrected chi connectivity index (χ1v) is 30.5. The SMILES string of the molecule is CC/C=C\C/C=C\C/C=C\C/C=C\CCCCCCCCCCCCCCCCCCC(=O)NC(CO)C(O)/C=C/CCCCCCCCCCCCCCCCCCCCCCCCCCC. The van der Waals surface area contributed by atoms with Crippen LogP contribution in [-0.4, -0.2) is 34.9 Å². The highest BCUT2D eigenvalue weighted by atomic mass is 16.3. The molecular formula is C64H119NO3. The first kappa shape index (κ1) is 66.1. The van der Waals surface area contributed by atoms with Crippen molar-refractivity contribution in [3.05, 3.63) is 60.8 Å². The molecule has 0 aromatic heterocycles. The van der Waals surface area contributed by atoms with Crippen molar-refractivity contribution >= 4 is 5.91 Å². The molecule has 0 saturated carbocycles. The van der Waals surface area contributed by atoms with Crippen LogP contribution in [0.2, 0.25) is 0 Å². The molecule has 0 bridgehead atoms. The average molecular weight is 951 g/mol. The third-order valence-corrected chi connectivity index (χ3v) is 14.0. The van der Waals surface area contributed by atoms with E-state index in [1.807, 2.05) is 6.08 Å². The molecule has 68 heavy (non-hydrogen) atoms. The predicted molar refractivity (Wildman–Crippen MR) is 304 cm³/mol. The van der Waals surface area contributed by atoms with Gasteiger partial charge in [-0.1, -0.05) is 319 Å². The van der Waals surface area contributed by atoms with Gasteiger partial charge in [-0.3, -0.25) is 4.79 Å². The van der Waals surface area contributed by atoms with Crippen molar-refractivity contribution in [2.45, 2.75) is 334 Å². The second-order valence-corrected chi connectivity index (χ2v) is 20.7. The van der Waals surface area contributed by atoms with Crippen molar-refractivity contribution in [3.8, 4) is 0 Å². The van der Waals surface area contributed by atoms with Crippen LogP contribution >= 0.6 is 0 Å². The highest BCUT2D eigenvalue weighted by Crippen LogP contribution is 2.18. The Kier molecular flexibility index (Phi) is 57.7. The number of carbonyl (C=O) groups is 1. The first-order chi connectivity index (χ1) is 33.7. The highest BCUT2D eigenvalue weighted by molar-refractivity contribution is 5.76. The molecule has 0 aromatic rings. The molecule has 4 heteroatoms. The van der Waals surface area contributed by atoms with E-state index in [2.05, 4.69) is 67.8 Å². The highest BCUT2D eigenvalue weighted by Gasteiger charge is 2.18. The minimum Gasteiger partial charge on any atom is -0.394 e. The third-order valence-electron chi connectivity index (χ3n) is 14.0. The van der Waals surface area contributed by atoms with Crippen LogP contribution in [0.4, 0.5) is 0 Å². The first-order valence-electron chi connectivity index (χ1n) is 30.5. The van der Waals surface area contributed by atoms with Crippen LogP contribution in [0.1, 0.15) is 322 Å². The van der Waals surface area contributed by atoms with Gasteiger partial charge in [0.15, 0.2) is 0 Å². The third kappa shape index (κ3) is 55.0. The summed E-state index contributed by atoms with van der Waals surface area (Å²) in [6, 6.07) is -0.625. The fourth-order valence-electron chi connectivity index (χ4n) is 9.41. The van der Waals surface area contributed by atoms with Crippen LogP contribution in [0.15, 0.2) is 60.8 Å². The maximum absolute atomic E-state index is 12.5. The lowest BCUT2D eigenvalue weighted by atomic mass is 10.0. The monoisotopic (exact) mass is 950 g/mol. The van der Waals surface area contributed by atoms with Crippen molar-refractivity contribution in [2.75, 3.05) is 6.61 Å². The number of unbranched alkanes of at least 4 members (excludes halogenated alkanes) is 41. The summed E-state index contributed by atoms with van der Waals surface area (Å²) in [6.45, 7) is 4.23. The van der Waals surface area contributed by atoms with E-state index in [0.29, 0.717) is 6.42 Å². The zero-order valence-electron chi connectivity index (χ0n) is 45.9. The Labute approximate surface area is 426 Å². The quantitative estimate of drug-likeness (QED) is 0.0420. The molecule has 0 aromatic carbocycles. The molecule has 2 unspecified atom stereocenters. The van der Waals surface area contributed by atoms with Gasteiger partial charge in [-0.05, 0) is 57.8 Å². The maximum atomic E-state index is 12.5. The summed E-state index contributed by atoms with van der Waals surface area (Å²) < 4.78 is 0. The summed E-state index contributed by atoms with van der Waals surface area (Å²) in [4.78, 5) is 12.5. The van der Waals surface area contributed by atoms with Crippen molar-refractivity contribution in [2.24, 2.45) is 0 Å². The van der Waals surface area contributed by atoms with Crippen molar-refractivity contribution < 1.29 is 15.0 Å². The normalized spacial score (nSPS) is 13.2. The minimum atomic E-state index is -0.842. The average Bonchev–Trinajstić information content (AvgIpc) is 3.34. The van der Waals surface area contributed by atoms with Gasteiger partial charge < -0.3 is 15.5 Å². The van der Waals surface area contributed by atoms with Crippen molar-refractivity contribution in [1.29, 1.82) is 0 Å². The number of hydrogen-bond acceptors (Lipinski definition) is 3. The van der Waals surface area contributed by atoms with E-state index in [4.69, 9.17) is 0 Å². The molecule has 2 atom stereocenters. The summed E-state index contributed by atoms with van der Waals surface area (Å²) in [5.41, 5.74) is 0. The number of carbonyl (C=O) groups excluding carboxylic acids is 1. The Bertz CT molecular complexity index is 1120. The Morgan fingerprint density at radius 1 is 0.368 bits per heavy atom. The van der Waals surface area contributed by atoms with Crippen LogP contribution in [0.3, 0.4) is 0 Å². The molecule has 0 rings (SSSR count). The standard InChI is InChI=1S/C64H119NO3/c1-3-5-7-9-11-13-15-17-19-21-23-25-27-29-31-32-34-36-38-40-42-44-46-48-50-52-54-56-58-60-64(68)65-62(61-66)63(67)59-57-55-53-51-49-47-45-43-41-39-37-35-33-30-28-26-24-22-20-18-16-14-12-10-8-6-4-2/h5,7,11,13,17,19,23,25,57,59,62-63,66-67H,3-4,6,8-10,12,14-16,18,20-22,24,26-56,58,60-61H2,1-2H3,(H,65,68)/b7-5-,13-11-,19-17-,25-23-,59-57+. The van der Waals surface area contributed by atoms with Gasteiger partial charge in [0.05, 0.1) is 18.8 Å². The molecule has 0 aliphatic heterocycles. The molecule has 0 spiro atoms. The Morgan fingerprint density at radius 2 is 0.647 bits per heavy atom. The summed E-state index contributed by atoms with van der Waals surface area (Å²) in [6.07, 6.45) is 84.0. The Hall–Kier alpha value is -1.91. The van der Waals surface area contributed by atoms with Crippen LogP contribution in [-0.2, 0) is 4.79 Å². The van der Waals surface area contributed by atoms with Crippen molar-refractivity contribution in [1.82, 2.24) is 5.32 Å². The molecule has 3 N–H and O–H groups in total. The lowest BCUT2D eigenvalue weighted by Gasteiger charge is -2.20. The van der Waals surface area contributed by atoms with Gasteiger partial charge >= 0.3 is 0 Å². The summed E-state index contributed by atoms with van der Waals surface area (Å²) >= 11 is 0. The Balaban J connectivity index is 3.47. The maximum Gasteiger partial charge on any atom is 0.220 e. The van der Waals surface area contributed by atoms with E-state index in [1.54, 1.807) is 6.08 Å². The molecule has 0 aliphatic carbocycles. The predicted octanol–water partition coefficient (Wildman–Crippen LogP) is 20.4. The van der Waals surface area contributed by atoms with Crippen LogP contribution in [0, 0.1) is 0 Å². The number of aliphatic hydroxyl groups excluding tert-OH is 2. The largest absolute Gasteiger partial charge is 0.394 e. The summed E-state index contributed by atoms with van der Waals surface area (Å²) in [7, 11) is 0. The molecule has 4 nitrogen and oxygen atoms in total. The fourth-order valence-corrected chi connectivity index (χ4v) is 9.41. The van der Waals surface area contributed by atoms with E-state index in [0.717, 1.165) is 51.4 Å². The molecular weight excluding hydrogens is 831 g/mol. The van der Waals surface area contributed by atoms with Crippen molar-refractivity contribution in [3.63, 3.8) is 0 Å². The molecule has 0 heterocycles. The minimum absolute atomic E-state index is 0.0607. The lowest BCUT2D eigenvalue weighted by Crippen LogP contribution is -2.45. The van der Waals surface area contributed by atoms with E-state index in [9.17, 15) is 15.0 Å². The summed E-state index contributed by atoms with van der Waals surface area (Å²) in [5.74, 6) is -0.0607. The Morgan fingerprint density at radius 3 is 0.971 bits per heavy atom. The van der Waals surface area contributed by atoms with Gasteiger partial charge in [-0.15, -0.1) is 0 Å². The van der Waals surface area contributed by atoms with Gasteiger partial charge in [0.1, 0.15) is 0 Å². The van der Waals surface area contributed by atoms with E-state index < -0.39 is 12.1 Å². The van der Waals surface area contributed by atoms with Gasteiger partial charge in [0.2, 0.25) is 5.91 Å². The van der Waals surface area contributed by atoms with Gasteiger partial charge in [-0.2, -0.15) is 0 Å². The van der Waals surface area contributed by atoms with Crippen LogP contribution < -0.4 is 5.32 Å². The van der Waals surface area contributed by atoms with Gasteiger partial charge in [-0.25, -0.2) is 0 Å². The topological polar surface area (TPSA) is 69.6 Å². The molecule has 0 radical (unpaired) electrons. The summed E-state index contributed by atoms with van der Waals surface area (Å²) in [5, 5.41) is 23.2. The second-order valence-electron chi connectivity index (χ2n) is 20.7. The molecule has 0 fully saturated rings. The van der Waals surface area contributed by atoms with Gasteiger partial charge in [0.25, 0.3) is 0 Å². The fraction of sp³-hybridized carbons (Fsp3) is 0.828. The molecule has 0 saturated heterocycles. The number of hydrogen-bond donors (Lipinski definition) is 3. The number of nitrogens with one attached hydrogen (secondary N) is 1.